The number of esters is 2. The van der Waals surface area contributed by atoms with Gasteiger partial charge in [-0.2, -0.15) is 0 Å². The fourth-order valence-corrected chi connectivity index (χ4v) is 1.27. The monoisotopic (exact) mass is 290 g/mol. The van der Waals surface area contributed by atoms with Crippen molar-refractivity contribution in [1.29, 1.82) is 0 Å². The van der Waals surface area contributed by atoms with Crippen LogP contribution in [-0.4, -0.2) is 25.7 Å². The van der Waals surface area contributed by atoms with E-state index in [1.54, 1.807) is 0 Å². The van der Waals surface area contributed by atoms with Gasteiger partial charge in [-0.1, -0.05) is 0 Å². The van der Waals surface area contributed by atoms with Gasteiger partial charge in [-0.25, -0.2) is 14.0 Å². The summed E-state index contributed by atoms with van der Waals surface area (Å²) in [7, 11) is 1.19. The predicted molar refractivity (Wildman–Crippen MR) is 56.4 cm³/mol. The molecule has 6 heteroatoms. The van der Waals surface area contributed by atoms with Crippen LogP contribution in [-0.2, 0) is 14.3 Å². The van der Waals surface area contributed by atoms with Gasteiger partial charge in [-0.15, -0.1) is 0 Å². The highest BCUT2D eigenvalue weighted by Crippen LogP contribution is 2.17. The van der Waals surface area contributed by atoms with E-state index in [9.17, 15) is 14.0 Å². The summed E-state index contributed by atoms with van der Waals surface area (Å²) in [6.07, 6.45) is 0. The molecule has 0 aliphatic rings. The average molecular weight is 291 g/mol. The van der Waals surface area contributed by atoms with Gasteiger partial charge in [-0.05, 0) is 34.1 Å². The van der Waals surface area contributed by atoms with Crippen molar-refractivity contribution in [3.8, 4) is 0 Å². The van der Waals surface area contributed by atoms with Crippen molar-refractivity contribution in [3.63, 3.8) is 0 Å². The molecule has 0 fully saturated rings. The summed E-state index contributed by atoms with van der Waals surface area (Å²) in [6.45, 7) is -0.468. The van der Waals surface area contributed by atoms with E-state index in [1.807, 2.05) is 0 Å². The second-order valence-electron chi connectivity index (χ2n) is 2.78. The lowest BCUT2D eigenvalue weighted by Crippen LogP contribution is -2.15. The van der Waals surface area contributed by atoms with Crippen LogP contribution in [0.4, 0.5) is 4.39 Å². The van der Waals surface area contributed by atoms with E-state index in [0.29, 0.717) is 0 Å². The second-order valence-corrected chi connectivity index (χ2v) is 3.64. The van der Waals surface area contributed by atoms with Gasteiger partial charge in [0.05, 0.1) is 17.1 Å². The first-order valence-electron chi connectivity index (χ1n) is 4.23. The fourth-order valence-electron chi connectivity index (χ4n) is 0.890. The molecule has 0 spiro atoms. The summed E-state index contributed by atoms with van der Waals surface area (Å²) in [5.41, 5.74) is 0.150. The average Bonchev–Trinajstić information content (AvgIpc) is 2.29. The summed E-state index contributed by atoms with van der Waals surface area (Å²) in [4.78, 5) is 22.1. The van der Waals surface area contributed by atoms with Crippen LogP contribution in [0.15, 0.2) is 22.7 Å². The smallest absolute Gasteiger partial charge is 0.344 e. The third-order valence-electron chi connectivity index (χ3n) is 1.70. The number of hydrogen-bond acceptors (Lipinski definition) is 4. The summed E-state index contributed by atoms with van der Waals surface area (Å²) in [5, 5.41) is 0. The lowest BCUT2D eigenvalue weighted by atomic mass is 10.2. The molecule has 0 radical (unpaired) electrons. The Bertz CT molecular complexity index is 419. The van der Waals surface area contributed by atoms with Crippen molar-refractivity contribution in [2.45, 2.75) is 0 Å². The molecule has 0 saturated heterocycles. The minimum Gasteiger partial charge on any atom is -0.466 e. The van der Waals surface area contributed by atoms with Gasteiger partial charge < -0.3 is 9.47 Å². The molecule has 0 atom stereocenters. The normalized spacial score (nSPS) is 9.69. The van der Waals surface area contributed by atoms with Crippen LogP contribution in [0, 0.1) is 5.82 Å². The van der Waals surface area contributed by atoms with Crippen LogP contribution in [0.3, 0.4) is 0 Å². The van der Waals surface area contributed by atoms with Crippen LogP contribution >= 0.6 is 15.9 Å². The van der Waals surface area contributed by atoms with Crippen molar-refractivity contribution in [1.82, 2.24) is 0 Å². The molecule has 0 bridgehead atoms. The standard InChI is InChI=1S/C10H8BrFO4/c1-15-9(13)5-16-10(14)6-2-3-8(12)7(11)4-6/h2-4H,5H2,1H3. The van der Waals surface area contributed by atoms with Crippen molar-refractivity contribution >= 4 is 27.9 Å². The molecule has 86 valence electrons. The molecule has 0 aliphatic carbocycles. The van der Waals surface area contributed by atoms with E-state index in [1.165, 1.54) is 19.2 Å². The predicted octanol–water partition coefficient (Wildman–Crippen LogP) is 1.92. The summed E-state index contributed by atoms with van der Waals surface area (Å²) in [6, 6.07) is 3.66. The third-order valence-corrected chi connectivity index (χ3v) is 2.31. The van der Waals surface area contributed by atoms with E-state index in [2.05, 4.69) is 25.4 Å². The fraction of sp³-hybridized carbons (Fsp3) is 0.200. The van der Waals surface area contributed by atoms with Crippen LogP contribution in [0.1, 0.15) is 10.4 Å². The van der Waals surface area contributed by atoms with Gasteiger partial charge in [0.1, 0.15) is 5.82 Å². The lowest BCUT2D eigenvalue weighted by molar-refractivity contribution is -0.144. The van der Waals surface area contributed by atoms with E-state index in [4.69, 9.17) is 0 Å². The van der Waals surface area contributed by atoms with Crippen LogP contribution in [0.25, 0.3) is 0 Å². The third kappa shape index (κ3) is 3.30. The van der Waals surface area contributed by atoms with Crippen molar-refractivity contribution in [2.75, 3.05) is 13.7 Å². The van der Waals surface area contributed by atoms with E-state index in [-0.39, 0.29) is 10.0 Å². The number of halogens is 2. The SMILES string of the molecule is COC(=O)COC(=O)c1ccc(F)c(Br)c1. The maximum atomic E-state index is 12.9. The molecular weight excluding hydrogens is 283 g/mol. The Morgan fingerprint density at radius 1 is 1.44 bits per heavy atom. The molecule has 0 aliphatic heterocycles. The number of rotatable bonds is 3. The van der Waals surface area contributed by atoms with E-state index < -0.39 is 24.4 Å². The van der Waals surface area contributed by atoms with Crippen molar-refractivity contribution < 1.29 is 23.5 Å². The molecule has 4 nitrogen and oxygen atoms in total. The highest BCUT2D eigenvalue weighted by atomic mass is 79.9. The Kier molecular flexibility index (Phi) is 4.42. The summed E-state index contributed by atoms with van der Waals surface area (Å²) >= 11 is 2.93. The van der Waals surface area contributed by atoms with Gasteiger partial charge in [0.25, 0.3) is 0 Å². The Labute approximate surface area is 99.5 Å². The highest BCUT2D eigenvalue weighted by Gasteiger charge is 2.11. The van der Waals surface area contributed by atoms with E-state index >= 15 is 0 Å². The van der Waals surface area contributed by atoms with Gasteiger partial charge >= 0.3 is 11.9 Å². The number of carbonyl (C=O) groups excluding carboxylic acids is 2. The molecular formula is C10H8BrFO4. The molecule has 1 aromatic carbocycles. The van der Waals surface area contributed by atoms with Crippen LogP contribution in [0.2, 0.25) is 0 Å². The minimum absolute atomic E-state index is 0.150. The first-order valence-corrected chi connectivity index (χ1v) is 5.03. The first kappa shape index (κ1) is 12.6. The number of carbonyl (C=O) groups is 2. The summed E-state index contributed by atoms with van der Waals surface area (Å²) in [5.74, 6) is -1.86. The maximum absolute atomic E-state index is 12.9. The molecule has 1 rings (SSSR count). The molecule has 0 amide bonds. The van der Waals surface area contributed by atoms with Crippen LogP contribution < -0.4 is 0 Å². The largest absolute Gasteiger partial charge is 0.466 e. The number of hydrogen-bond donors (Lipinski definition) is 0. The van der Waals surface area contributed by atoms with Gasteiger partial charge in [0.2, 0.25) is 0 Å². The summed E-state index contributed by atoms with van der Waals surface area (Å²) < 4.78 is 21.9. The zero-order chi connectivity index (χ0) is 12.1. The van der Waals surface area contributed by atoms with Crippen molar-refractivity contribution in [3.05, 3.63) is 34.1 Å². The zero-order valence-corrected chi connectivity index (χ0v) is 9.91. The topological polar surface area (TPSA) is 52.6 Å². The Hall–Kier alpha value is -1.43. The zero-order valence-electron chi connectivity index (χ0n) is 8.33. The second kappa shape index (κ2) is 5.60. The van der Waals surface area contributed by atoms with E-state index in [0.717, 1.165) is 6.07 Å². The quantitative estimate of drug-likeness (QED) is 0.798. The molecule has 16 heavy (non-hydrogen) atoms. The number of methoxy groups -OCH3 is 1. The first-order chi connectivity index (χ1) is 7.54. The molecule has 0 aromatic heterocycles. The highest BCUT2D eigenvalue weighted by molar-refractivity contribution is 9.10. The number of ether oxygens (including phenoxy) is 2. The van der Waals surface area contributed by atoms with Crippen LogP contribution in [0.5, 0.6) is 0 Å². The molecule has 0 N–H and O–H groups in total. The lowest BCUT2D eigenvalue weighted by Gasteiger charge is -2.03. The minimum atomic E-state index is -0.717. The maximum Gasteiger partial charge on any atom is 0.344 e. The molecule has 0 unspecified atom stereocenters. The van der Waals surface area contributed by atoms with Gasteiger partial charge in [0, 0.05) is 0 Å². The van der Waals surface area contributed by atoms with Crippen molar-refractivity contribution in [2.24, 2.45) is 0 Å². The van der Waals surface area contributed by atoms with Gasteiger partial charge in [-0.3, -0.25) is 0 Å². The molecule has 0 saturated carbocycles. The Balaban J connectivity index is 2.66. The van der Waals surface area contributed by atoms with Gasteiger partial charge in [0.15, 0.2) is 6.61 Å². The Morgan fingerprint density at radius 3 is 2.69 bits per heavy atom. The number of benzene rings is 1. The molecule has 0 heterocycles. The molecule has 1 aromatic rings. The Morgan fingerprint density at radius 2 is 2.12 bits per heavy atom.